The van der Waals surface area contributed by atoms with Crippen LogP contribution < -0.4 is 0 Å². The van der Waals surface area contributed by atoms with Gasteiger partial charge in [-0.3, -0.25) is 9.59 Å². The molecule has 2 bridgehead atoms. The molecule has 0 saturated heterocycles. The van der Waals surface area contributed by atoms with Gasteiger partial charge in [-0.15, -0.1) is 23.2 Å². The maximum Gasteiger partial charge on any atom is 0.309 e. The van der Waals surface area contributed by atoms with Gasteiger partial charge < -0.3 is 10.2 Å². The molecule has 0 heterocycles. The Kier molecular flexibility index (Phi) is 3.50. The van der Waals surface area contributed by atoms with Crippen molar-refractivity contribution in [2.75, 3.05) is 0 Å². The van der Waals surface area contributed by atoms with Crippen LogP contribution in [0.15, 0.2) is 10.1 Å². The lowest BCUT2D eigenvalue weighted by Gasteiger charge is -2.31. The zero-order valence-corrected chi connectivity index (χ0v) is 13.2. The van der Waals surface area contributed by atoms with Crippen molar-refractivity contribution < 1.29 is 19.8 Å². The van der Waals surface area contributed by atoms with Crippen molar-refractivity contribution >= 4 is 81.5 Å². The molecule has 1 fully saturated rings. The lowest BCUT2D eigenvalue weighted by molar-refractivity contribution is -0.153. The van der Waals surface area contributed by atoms with Gasteiger partial charge in [0.05, 0.1) is 21.9 Å². The SMILES string of the molecule is O=C(O)[C@H]1[C@H](C(=O)O)[C@@]2(Cl)C(Cl)=C(Cl)[C@@]1(Cl)C2(Cl)Cl. The molecule has 4 nitrogen and oxygen atoms in total. The molecule has 2 rings (SSSR count). The van der Waals surface area contributed by atoms with Crippen molar-refractivity contribution in [2.24, 2.45) is 11.8 Å². The van der Waals surface area contributed by atoms with Crippen molar-refractivity contribution in [3.63, 3.8) is 0 Å². The van der Waals surface area contributed by atoms with Gasteiger partial charge in [-0.2, -0.15) is 0 Å². The van der Waals surface area contributed by atoms with Crippen molar-refractivity contribution in [3.05, 3.63) is 10.1 Å². The Morgan fingerprint density at radius 3 is 1.32 bits per heavy atom. The first-order valence-electron chi connectivity index (χ1n) is 4.73. The van der Waals surface area contributed by atoms with Crippen molar-refractivity contribution in [2.45, 2.75) is 14.1 Å². The Hall–Kier alpha value is 0.420. The summed E-state index contributed by atoms with van der Waals surface area (Å²) in [7, 11) is 0. The predicted octanol–water partition coefficient (Wildman–Crippen LogP) is 3.23. The van der Waals surface area contributed by atoms with Gasteiger partial charge in [0, 0.05) is 0 Å². The standard InChI is InChI=1S/C9H4Cl6O4/c10-3-4(11)8(13)2(6(18)19)1(5(16)17)7(3,12)9(8,14)15/h1-2H,(H,16,17)(H,18,19)/t1-,2-,7-,8-/m1/s1. The minimum atomic E-state index is -2.18. The van der Waals surface area contributed by atoms with E-state index in [1.165, 1.54) is 0 Å². The first-order chi connectivity index (χ1) is 8.45. The summed E-state index contributed by atoms with van der Waals surface area (Å²) in [6.07, 6.45) is 0. The van der Waals surface area contributed by atoms with E-state index in [4.69, 9.17) is 69.6 Å². The van der Waals surface area contributed by atoms with E-state index in [-0.39, 0.29) is 10.1 Å². The third-order valence-electron chi connectivity index (χ3n) is 3.47. The molecule has 0 aromatic rings. The van der Waals surface area contributed by atoms with E-state index in [0.717, 1.165) is 0 Å². The van der Waals surface area contributed by atoms with Crippen LogP contribution in [0.5, 0.6) is 0 Å². The highest BCUT2D eigenvalue weighted by atomic mass is 35.5. The quantitative estimate of drug-likeness (QED) is 0.712. The summed E-state index contributed by atoms with van der Waals surface area (Å²) in [6.45, 7) is 0. The van der Waals surface area contributed by atoms with Crippen molar-refractivity contribution in [1.82, 2.24) is 0 Å². The second-order valence-electron chi connectivity index (χ2n) is 4.26. The smallest absolute Gasteiger partial charge is 0.309 e. The number of alkyl halides is 4. The molecule has 10 heteroatoms. The van der Waals surface area contributed by atoms with Gasteiger partial charge in [-0.05, 0) is 0 Å². The van der Waals surface area contributed by atoms with Crippen LogP contribution in [-0.4, -0.2) is 36.2 Å². The average molecular weight is 389 g/mol. The van der Waals surface area contributed by atoms with Crippen LogP contribution in [0.3, 0.4) is 0 Å². The fourth-order valence-corrected chi connectivity index (χ4v) is 5.54. The maximum atomic E-state index is 11.3. The Morgan fingerprint density at radius 1 is 0.842 bits per heavy atom. The zero-order valence-electron chi connectivity index (χ0n) is 8.63. The van der Waals surface area contributed by atoms with Crippen molar-refractivity contribution in [1.29, 1.82) is 0 Å². The van der Waals surface area contributed by atoms with E-state index >= 15 is 0 Å². The van der Waals surface area contributed by atoms with E-state index in [1.54, 1.807) is 0 Å². The van der Waals surface area contributed by atoms with E-state index in [1.807, 2.05) is 0 Å². The Labute approximate surface area is 137 Å². The van der Waals surface area contributed by atoms with Gasteiger partial charge in [0.25, 0.3) is 0 Å². The Balaban J connectivity index is 2.84. The largest absolute Gasteiger partial charge is 0.481 e. The normalized spacial score (nSPS) is 43.7. The zero-order chi connectivity index (χ0) is 15.0. The van der Waals surface area contributed by atoms with Crippen LogP contribution in [0, 0.1) is 11.8 Å². The maximum absolute atomic E-state index is 11.3. The van der Waals surface area contributed by atoms with E-state index < -0.39 is 37.9 Å². The monoisotopic (exact) mass is 386 g/mol. The minimum Gasteiger partial charge on any atom is -0.481 e. The van der Waals surface area contributed by atoms with Crippen LogP contribution in [0.25, 0.3) is 0 Å². The molecule has 0 unspecified atom stereocenters. The predicted molar refractivity (Wildman–Crippen MR) is 72.6 cm³/mol. The summed E-state index contributed by atoms with van der Waals surface area (Å²) in [4.78, 5) is 18.5. The molecule has 106 valence electrons. The molecule has 1 saturated carbocycles. The molecule has 4 atom stereocenters. The van der Waals surface area contributed by atoms with Crippen molar-refractivity contribution in [3.8, 4) is 0 Å². The summed E-state index contributed by atoms with van der Waals surface area (Å²) < 4.78 is -2.18. The number of carbonyl (C=O) groups is 2. The second-order valence-corrected chi connectivity index (χ2v) is 7.53. The lowest BCUT2D eigenvalue weighted by Crippen LogP contribution is -2.45. The molecule has 2 aliphatic carbocycles. The van der Waals surface area contributed by atoms with Crippen LogP contribution >= 0.6 is 69.6 Å². The van der Waals surface area contributed by atoms with Crippen LogP contribution in [0.1, 0.15) is 0 Å². The molecule has 19 heavy (non-hydrogen) atoms. The highest BCUT2D eigenvalue weighted by Gasteiger charge is 2.85. The second kappa shape index (κ2) is 4.21. The molecular weight excluding hydrogens is 385 g/mol. The lowest BCUT2D eigenvalue weighted by atomic mass is 9.82. The topological polar surface area (TPSA) is 74.6 Å². The number of fused-ring (bicyclic) bond motifs is 2. The number of aliphatic carboxylic acids is 2. The van der Waals surface area contributed by atoms with Gasteiger partial charge in [0.1, 0.15) is 9.75 Å². The fraction of sp³-hybridized carbons (Fsp3) is 0.556. The molecule has 0 aromatic carbocycles. The summed E-state index contributed by atoms with van der Waals surface area (Å²) in [5.41, 5.74) is 0. The number of hydrogen-bond acceptors (Lipinski definition) is 2. The highest BCUT2D eigenvalue weighted by molar-refractivity contribution is 6.66. The Bertz CT molecular complexity index is 487. The third kappa shape index (κ3) is 1.46. The van der Waals surface area contributed by atoms with Gasteiger partial charge in [-0.25, -0.2) is 0 Å². The summed E-state index contributed by atoms with van der Waals surface area (Å²) >= 11 is 36.2. The minimum absolute atomic E-state index is 0.347. The average Bonchev–Trinajstić information content (AvgIpc) is 2.48. The molecule has 0 spiro atoms. The molecule has 2 N–H and O–H groups in total. The number of halogens is 6. The first-order valence-corrected chi connectivity index (χ1v) is 7.00. The summed E-state index contributed by atoms with van der Waals surface area (Å²) in [6, 6.07) is 0. The van der Waals surface area contributed by atoms with Gasteiger partial charge in [-0.1, -0.05) is 46.4 Å². The van der Waals surface area contributed by atoms with Crippen LogP contribution in [-0.2, 0) is 9.59 Å². The number of allylic oxidation sites excluding steroid dienone is 2. The summed E-state index contributed by atoms with van der Waals surface area (Å²) in [5.74, 6) is -6.49. The first kappa shape index (κ1) is 15.8. The number of rotatable bonds is 2. The molecule has 0 aliphatic heterocycles. The van der Waals surface area contributed by atoms with E-state index in [9.17, 15) is 19.8 Å². The van der Waals surface area contributed by atoms with Crippen LogP contribution in [0.2, 0.25) is 0 Å². The highest BCUT2D eigenvalue weighted by Crippen LogP contribution is 2.76. The number of hydrogen-bond donors (Lipinski definition) is 2. The van der Waals surface area contributed by atoms with Gasteiger partial charge in [0.15, 0.2) is 4.33 Å². The number of carboxylic acids is 2. The van der Waals surface area contributed by atoms with Crippen LogP contribution in [0.4, 0.5) is 0 Å². The molecule has 0 aromatic heterocycles. The third-order valence-corrected chi connectivity index (χ3v) is 7.73. The molecular formula is C9H4Cl6O4. The van der Waals surface area contributed by atoms with E-state index in [2.05, 4.69) is 0 Å². The van der Waals surface area contributed by atoms with Gasteiger partial charge >= 0.3 is 11.9 Å². The number of carboxylic acid groups (broad SMARTS) is 2. The molecule has 0 amide bonds. The Morgan fingerprint density at radius 2 is 1.11 bits per heavy atom. The molecule has 2 aliphatic rings. The van der Waals surface area contributed by atoms with E-state index in [0.29, 0.717) is 0 Å². The summed E-state index contributed by atoms with van der Waals surface area (Å²) in [5, 5.41) is 17.8. The van der Waals surface area contributed by atoms with Gasteiger partial charge in [0.2, 0.25) is 0 Å². The molecule has 0 radical (unpaired) electrons. The fourth-order valence-electron chi connectivity index (χ4n) is 2.61.